The molecule has 5 nitrogen and oxygen atoms in total. The van der Waals surface area contributed by atoms with Gasteiger partial charge >= 0.3 is 12.1 Å². The van der Waals surface area contributed by atoms with Crippen molar-refractivity contribution < 1.29 is 32.2 Å². The molecule has 2 heterocycles. The van der Waals surface area contributed by atoms with Gasteiger partial charge in [0.2, 0.25) is 0 Å². The average Bonchev–Trinajstić information content (AvgIpc) is 3.32. The fourth-order valence-corrected chi connectivity index (χ4v) is 5.89. The Bertz CT molecular complexity index is 1170. The maximum absolute atomic E-state index is 13.6. The van der Waals surface area contributed by atoms with E-state index in [1.54, 1.807) is 19.9 Å². The number of nitrogens with zero attached hydrogens (tertiary/aromatic N) is 1. The summed E-state index contributed by atoms with van der Waals surface area (Å²) in [4.78, 5) is 14.8. The molecule has 1 aromatic carbocycles. The number of fused-ring (bicyclic) bond motifs is 4. The summed E-state index contributed by atoms with van der Waals surface area (Å²) in [7, 11) is 0. The van der Waals surface area contributed by atoms with Crippen molar-refractivity contribution in [2.24, 2.45) is 11.3 Å². The first-order chi connectivity index (χ1) is 17.0. The Hall–Kier alpha value is -2.90. The monoisotopic (exact) mass is 503 g/mol. The van der Waals surface area contributed by atoms with Crippen LogP contribution in [0.15, 0.2) is 53.5 Å². The number of hydrogen-bond donors (Lipinski definition) is 0. The van der Waals surface area contributed by atoms with E-state index in [0.29, 0.717) is 17.9 Å². The summed E-state index contributed by atoms with van der Waals surface area (Å²) in [5, 5.41) is 0. The third-order valence-corrected chi connectivity index (χ3v) is 7.85. The molecule has 0 aromatic heterocycles. The van der Waals surface area contributed by atoms with Gasteiger partial charge in [-0.2, -0.15) is 13.2 Å². The number of ether oxygens (including phenoxy) is 3. The molecule has 0 N–H and O–H groups in total. The maximum Gasteiger partial charge on any atom is 0.419 e. The van der Waals surface area contributed by atoms with Gasteiger partial charge in [0.25, 0.3) is 0 Å². The minimum Gasteiger partial charge on any atom is -0.490 e. The van der Waals surface area contributed by atoms with E-state index < -0.39 is 11.7 Å². The Labute approximate surface area is 209 Å². The standard InChI is InChI=1S/C28H32F3NO4/c1-5-34-25(33)22-15-27(22)10-11-32-24(27)14-19-13-20(8-9-26(19,32)4)35-16-18-6-7-23(36-17(2)3)21(12-18)28(29,30)31/h6-8,12-14,17,22H,5,9-11,15-16H2,1-4H3/t22-,26?,27?/m0/s1. The molecule has 1 spiro atoms. The van der Waals surface area contributed by atoms with Crippen LogP contribution in [0.5, 0.6) is 5.75 Å². The highest BCUT2D eigenvalue weighted by molar-refractivity contribution is 5.79. The zero-order chi connectivity index (χ0) is 25.9. The Morgan fingerprint density at radius 1 is 1.25 bits per heavy atom. The van der Waals surface area contributed by atoms with Gasteiger partial charge in [0, 0.05) is 17.7 Å². The van der Waals surface area contributed by atoms with E-state index in [1.807, 2.05) is 19.1 Å². The summed E-state index contributed by atoms with van der Waals surface area (Å²) in [6.45, 7) is 8.71. The minimum atomic E-state index is -4.52. The second-order valence-corrected chi connectivity index (χ2v) is 10.6. The zero-order valence-electron chi connectivity index (χ0n) is 21.1. The number of alkyl halides is 3. The van der Waals surface area contributed by atoms with Crippen molar-refractivity contribution in [3.05, 3.63) is 64.6 Å². The number of carbonyl (C=O) groups is 1. The van der Waals surface area contributed by atoms with Crippen LogP contribution in [0.4, 0.5) is 13.2 Å². The highest BCUT2D eigenvalue weighted by Gasteiger charge is 2.67. The average molecular weight is 504 g/mol. The molecule has 0 bridgehead atoms. The van der Waals surface area contributed by atoms with Crippen LogP contribution in [0.1, 0.15) is 58.1 Å². The summed E-state index contributed by atoms with van der Waals surface area (Å²) >= 11 is 0. The van der Waals surface area contributed by atoms with Crippen molar-refractivity contribution in [3.8, 4) is 5.75 Å². The van der Waals surface area contributed by atoms with Crippen LogP contribution in [0.25, 0.3) is 0 Å². The van der Waals surface area contributed by atoms with E-state index in [1.165, 1.54) is 11.8 Å². The van der Waals surface area contributed by atoms with Crippen molar-refractivity contribution in [2.75, 3.05) is 13.2 Å². The van der Waals surface area contributed by atoms with E-state index in [4.69, 9.17) is 14.2 Å². The number of esters is 1. The van der Waals surface area contributed by atoms with Crippen molar-refractivity contribution in [3.63, 3.8) is 0 Å². The molecule has 0 radical (unpaired) electrons. The lowest BCUT2D eigenvalue weighted by Crippen LogP contribution is -2.42. The zero-order valence-corrected chi connectivity index (χ0v) is 21.1. The van der Waals surface area contributed by atoms with Gasteiger partial charge in [-0.3, -0.25) is 4.79 Å². The molecule has 8 heteroatoms. The van der Waals surface area contributed by atoms with Gasteiger partial charge < -0.3 is 19.1 Å². The molecule has 194 valence electrons. The number of rotatable bonds is 7. The van der Waals surface area contributed by atoms with Gasteiger partial charge in [0.1, 0.15) is 18.1 Å². The van der Waals surface area contributed by atoms with Gasteiger partial charge in [-0.1, -0.05) is 6.07 Å². The molecule has 3 atom stereocenters. The molecule has 1 aromatic rings. The molecule has 4 aliphatic rings. The lowest BCUT2D eigenvalue weighted by Gasteiger charge is -2.38. The van der Waals surface area contributed by atoms with Crippen LogP contribution in [0, 0.1) is 11.3 Å². The number of carbonyl (C=O) groups excluding carboxylic acids is 1. The summed E-state index contributed by atoms with van der Waals surface area (Å²) in [5.41, 5.74) is 1.62. The van der Waals surface area contributed by atoms with Crippen molar-refractivity contribution in [1.29, 1.82) is 0 Å². The summed E-state index contributed by atoms with van der Waals surface area (Å²) in [5.74, 6) is 0.277. The lowest BCUT2D eigenvalue weighted by atomic mass is 9.85. The second kappa shape index (κ2) is 8.60. The van der Waals surface area contributed by atoms with Crippen molar-refractivity contribution in [2.45, 2.75) is 71.4 Å². The van der Waals surface area contributed by atoms with Crippen LogP contribution in [0.2, 0.25) is 0 Å². The molecule has 0 amide bonds. The van der Waals surface area contributed by atoms with Crippen LogP contribution in [-0.2, 0) is 27.1 Å². The molecule has 1 saturated heterocycles. The summed E-state index contributed by atoms with van der Waals surface area (Å²) in [6, 6.07) is 4.06. The largest absolute Gasteiger partial charge is 0.490 e. The molecular weight excluding hydrogens is 471 g/mol. The topological polar surface area (TPSA) is 48.0 Å². The van der Waals surface area contributed by atoms with Crippen LogP contribution < -0.4 is 4.74 Å². The number of hydrogen-bond acceptors (Lipinski definition) is 5. The summed E-state index contributed by atoms with van der Waals surface area (Å²) < 4.78 is 57.3. The lowest BCUT2D eigenvalue weighted by molar-refractivity contribution is -0.145. The van der Waals surface area contributed by atoms with Gasteiger partial charge in [-0.25, -0.2) is 0 Å². The molecule has 2 unspecified atom stereocenters. The van der Waals surface area contributed by atoms with Crippen molar-refractivity contribution >= 4 is 5.97 Å². The van der Waals surface area contributed by atoms with Gasteiger partial charge in [-0.05, 0) is 88.5 Å². The van der Waals surface area contributed by atoms with Crippen LogP contribution in [0.3, 0.4) is 0 Å². The number of benzene rings is 1. The van der Waals surface area contributed by atoms with E-state index in [-0.39, 0.29) is 41.3 Å². The van der Waals surface area contributed by atoms with Gasteiger partial charge in [-0.15, -0.1) is 0 Å². The smallest absolute Gasteiger partial charge is 0.419 e. The first kappa shape index (κ1) is 24.8. The van der Waals surface area contributed by atoms with E-state index in [0.717, 1.165) is 37.4 Å². The van der Waals surface area contributed by atoms with E-state index in [2.05, 4.69) is 17.9 Å². The molecule has 1 saturated carbocycles. The molecule has 5 rings (SSSR count). The number of halogens is 3. The SMILES string of the molecule is CCOC(=O)[C@@H]1CC12CCN1C2=CC2=CC(OCc3ccc(OC(C)C)c(C(F)(F)F)c3)=CCC21C. The maximum atomic E-state index is 13.6. The van der Waals surface area contributed by atoms with Crippen LogP contribution >= 0.6 is 0 Å². The van der Waals surface area contributed by atoms with Gasteiger partial charge in [0.05, 0.1) is 29.7 Å². The third kappa shape index (κ3) is 4.08. The first-order valence-electron chi connectivity index (χ1n) is 12.6. The Morgan fingerprint density at radius 3 is 2.72 bits per heavy atom. The first-order valence-corrected chi connectivity index (χ1v) is 12.6. The summed E-state index contributed by atoms with van der Waals surface area (Å²) in [6.07, 6.45) is 3.79. The highest BCUT2D eigenvalue weighted by Crippen LogP contribution is 2.68. The minimum absolute atomic E-state index is 0.0204. The molecule has 2 fully saturated rings. The number of allylic oxidation sites excluding steroid dienone is 2. The Morgan fingerprint density at radius 2 is 2.03 bits per heavy atom. The molecular formula is C28H32F3NO4. The third-order valence-electron chi connectivity index (χ3n) is 7.85. The second-order valence-electron chi connectivity index (χ2n) is 10.6. The Balaban J connectivity index is 1.31. The van der Waals surface area contributed by atoms with Crippen molar-refractivity contribution in [1.82, 2.24) is 4.90 Å². The highest BCUT2D eigenvalue weighted by atomic mass is 19.4. The van der Waals surface area contributed by atoms with Gasteiger partial charge in [0.15, 0.2) is 0 Å². The normalized spacial score (nSPS) is 28.4. The molecule has 2 aliphatic heterocycles. The molecule has 36 heavy (non-hydrogen) atoms. The predicted octanol–water partition coefficient (Wildman–Crippen LogP) is 6.15. The van der Waals surface area contributed by atoms with E-state index in [9.17, 15) is 18.0 Å². The quantitative estimate of drug-likeness (QED) is 0.418. The van der Waals surface area contributed by atoms with Crippen LogP contribution in [-0.4, -0.2) is 35.7 Å². The fourth-order valence-electron chi connectivity index (χ4n) is 5.89. The van der Waals surface area contributed by atoms with E-state index >= 15 is 0 Å². The molecule has 2 aliphatic carbocycles. The Kier molecular flexibility index (Phi) is 5.92. The fraction of sp³-hybridized carbons (Fsp3) is 0.536. The predicted molar refractivity (Wildman–Crippen MR) is 128 cm³/mol.